The Balaban J connectivity index is 1.72. The van der Waals surface area contributed by atoms with Crippen molar-refractivity contribution >= 4 is 41.6 Å². The molecule has 2 aliphatic heterocycles. The Bertz CT molecular complexity index is 1880. The Kier molecular flexibility index (Phi) is 7.21. The van der Waals surface area contributed by atoms with Crippen molar-refractivity contribution in [3.63, 3.8) is 0 Å². The maximum absolute atomic E-state index is 14.0. The van der Waals surface area contributed by atoms with Gasteiger partial charge in [-0.2, -0.15) is 0 Å². The largest absolute Gasteiger partial charge is 0.481 e. The maximum Gasteiger partial charge on any atom is 0.303 e. The van der Waals surface area contributed by atoms with Crippen LogP contribution in [0.4, 0.5) is 0 Å². The number of aromatic amines is 3. The molecule has 6 rings (SSSR count). The quantitative estimate of drug-likeness (QED) is 0.277. The highest BCUT2D eigenvalue weighted by molar-refractivity contribution is 6.15. The zero-order valence-electron chi connectivity index (χ0n) is 25.7. The molecule has 3 aromatic rings. The van der Waals surface area contributed by atoms with Crippen molar-refractivity contribution in [2.45, 2.75) is 53.9 Å². The van der Waals surface area contributed by atoms with Crippen LogP contribution < -0.4 is 16.0 Å². The number of hydrogen-bond donors (Lipinski definition) is 5. The third kappa shape index (κ3) is 4.47. The number of ether oxygens (including phenoxy) is 1. The second kappa shape index (κ2) is 10.8. The minimum absolute atomic E-state index is 0.00387. The molecule has 0 radical (unpaired) electrons. The predicted molar refractivity (Wildman–Crippen MR) is 170 cm³/mol. The van der Waals surface area contributed by atoms with Gasteiger partial charge in [0.15, 0.2) is 5.78 Å². The number of aliphatic carboxylic acids is 1. The monoisotopic (exact) mass is 580 g/mol. The van der Waals surface area contributed by atoms with Gasteiger partial charge in [0.25, 0.3) is 0 Å². The highest BCUT2D eigenvalue weighted by Crippen LogP contribution is 2.48. The van der Waals surface area contributed by atoms with E-state index in [0.29, 0.717) is 12.0 Å². The number of H-pyrrole nitrogens is 3. The number of methoxy groups -OCH3 is 1. The Morgan fingerprint density at radius 3 is 2.42 bits per heavy atom. The summed E-state index contributed by atoms with van der Waals surface area (Å²) in [6.45, 7) is 14.9. The van der Waals surface area contributed by atoms with E-state index in [1.165, 1.54) is 11.1 Å². The number of fused-ring (bicyclic) bond motifs is 7. The van der Waals surface area contributed by atoms with Gasteiger partial charge in [0.2, 0.25) is 0 Å². The van der Waals surface area contributed by atoms with E-state index in [-0.39, 0.29) is 30.6 Å². The molecule has 3 aliphatic rings. The van der Waals surface area contributed by atoms with Gasteiger partial charge in [-0.25, -0.2) is 0 Å². The van der Waals surface area contributed by atoms with Crippen molar-refractivity contribution in [2.75, 3.05) is 13.7 Å². The van der Waals surface area contributed by atoms with E-state index in [1.54, 1.807) is 7.11 Å². The molecule has 1 saturated heterocycles. The molecule has 1 aliphatic carbocycles. The summed E-state index contributed by atoms with van der Waals surface area (Å²) in [5, 5.41) is 15.4. The van der Waals surface area contributed by atoms with Crippen molar-refractivity contribution in [1.29, 1.82) is 0 Å². The lowest BCUT2D eigenvalue weighted by molar-refractivity contribution is -0.137. The summed E-state index contributed by atoms with van der Waals surface area (Å²) in [6.07, 6.45) is 9.62. The van der Waals surface area contributed by atoms with Crippen LogP contribution in [0.25, 0.3) is 29.9 Å². The van der Waals surface area contributed by atoms with E-state index < -0.39 is 11.9 Å². The molecule has 0 amide bonds. The number of rotatable bonds is 7. The van der Waals surface area contributed by atoms with E-state index >= 15 is 0 Å². The first-order valence-corrected chi connectivity index (χ1v) is 15.1. The summed E-state index contributed by atoms with van der Waals surface area (Å²) in [5.74, 6) is -1.39. The van der Waals surface area contributed by atoms with Crippen LogP contribution in [-0.4, -0.2) is 45.5 Å². The van der Waals surface area contributed by atoms with Gasteiger partial charge in [0.1, 0.15) is 0 Å². The first kappa shape index (κ1) is 28.8. The molecule has 8 heteroatoms. The molecule has 8 nitrogen and oxygen atoms in total. The van der Waals surface area contributed by atoms with Crippen molar-refractivity contribution in [1.82, 2.24) is 20.3 Å². The van der Waals surface area contributed by atoms with Crippen molar-refractivity contribution < 1.29 is 19.4 Å². The Hall–Kier alpha value is -4.30. The predicted octanol–water partition coefficient (Wildman–Crippen LogP) is 4.70. The summed E-state index contributed by atoms with van der Waals surface area (Å²) in [4.78, 5) is 36.7. The van der Waals surface area contributed by atoms with Gasteiger partial charge >= 0.3 is 5.97 Å². The van der Waals surface area contributed by atoms with E-state index in [9.17, 15) is 14.7 Å². The maximum atomic E-state index is 14.0. The van der Waals surface area contributed by atoms with Crippen LogP contribution in [-0.2, 0) is 16.0 Å². The summed E-state index contributed by atoms with van der Waals surface area (Å²) >= 11 is 0. The second-order valence-corrected chi connectivity index (χ2v) is 12.1. The van der Waals surface area contributed by atoms with Gasteiger partial charge in [-0.15, -0.1) is 0 Å². The van der Waals surface area contributed by atoms with E-state index in [2.05, 4.69) is 72.8 Å². The summed E-state index contributed by atoms with van der Waals surface area (Å²) in [5.41, 5.74) is 12.5. The summed E-state index contributed by atoms with van der Waals surface area (Å²) in [6, 6.07) is 0. The van der Waals surface area contributed by atoms with Gasteiger partial charge in [-0.1, -0.05) is 26.5 Å². The Morgan fingerprint density at radius 2 is 1.74 bits per heavy atom. The fourth-order valence-corrected chi connectivity index (χ4v) is 7.35. The number of carbonyl (C=O) groups is 2. The van der Waals surface area contributed by atoms with Gasteiger partial charge in [0.05, 0.1) is 18.2 Å². The van der Waals surface area contributed by atoms with Gasteiger partial charge in [-0.05, 0) is 74.1 Å². The molecular formula is C35H40N4O4. The van der Waals surface area contributed by atoms with Gasteiger partial charge < -0.3 is 30.1 Å². The number of ketones is 1. The zero-order valence-corrected chi connectivity index (χ0v) is 25.7. The Morgan fingerprint density at radius 1 is 1.02 bits per heavy atom. The van der Waals surface area contributed by atoms with Crippen molar-refractivity contribution in [3.05, 3.63) is 84.8 Å². The molecule has 224 valence electrons. The number of carbonyl (C=O) groups excluding carboxylic acids is 1. The molecule has 43 heavy (non-hydrogen) atoms. The molecule has 3 aromatic heterocycles. The lowest BCUT2D eigenvalue weighted by Crippen LogP contribution is -2.20. The fourth-order valence-electron chi connectivity index (χ4n) is 7.35. The minimum Gasteiger partial charge on any atom is -0.481 e. The van der Waals surface area contributed by atoms with Crippen LogP contribution in [0.3, 0.4) is 0 Å². The third-order valence-corrected chi connectivity index (χ3v) is 9.76. The normalized spacial score (nSPS) is 25.0. The first-order chi connectivity index (χ1) is 20.6. The number of aromatic nitrogens is 3. The van der Waals surface area contributed by atoms with Crippen LogP contribution >= 0.6 is 0 Å². The average Bonchev–Trinajstić information content (AvgIpc) is 3.70. The van der Waals surface area contributed by atoms with Crippen molar-refractivity contribution in [2.24, 2.45) is 17.8 Å². The average molecular weight is 581 g/mol. The number of carboxylic acids is 1. The highest BCUT2D eigenvalue weighted by atomic mass is 16.5. The highest BCUT2D eigenvalue weighted by Gasteiger charge is 2.45. The van der Waals surface area contributed by atoms with E-state index in [1.807, 2.05) is 13.0 Å². The molecule has 5 heterocycles. The zero-order chi connectivity index (χ0) is 30.7. The number of allylic oxidation sites excluding steroid dienone is 2. The van der Waals surface area contributed by atoms with Gasteiger partial charge in [-0.3, -0.25) is 9.59 Å². The minimum atomic E-state index is -0.834. The SMILES string of the molecule is C=Cc1c2[nH]c(c1C)/C=C1\N/C(=C3\c4[nH]c(c(C)c4C(=O)[C@@H]3COC)/C=c3\[nH]/c(c(C)c3CC)=C\2)[C@@H](CCC(=O)O)[C@@H]1C. The molecule has 0 spiro atoms. The molecule has 0 unspecified atom stereocenters. The number of nitrogens with one attached hydrogen (secondary N) is 4. The molecule has 8 bridgehead atoms. The van der Waals surface area contributed by atoms with Crippen LogP contribution in [0, 0.1) is 38.5 Å². The molecule has 0 saturated carbocycles. The molecule has 1 fully saturated rings. The molecular weight excluding hydrogens is 540 g/mol. The lowest BCUT2D eigenvalue weighted by atomic mass is 9.85. The fraction of sp³-hybridized carbons (Fsp3) is 0.371. The summed E-state index contributed by atoms with van der Waals surface area (Å²) in [7, 11) is 1.61. The third-order valence-electron chi connectivity index (χ3n) is 9.76. The van der Waals surface area contributed by atoms with Crippen LogP contribution in [0.1, 0.15) is 87.6 Å². The number of carboxylic acid groups (broad SMARTS) is 1. The van der Waals surface area contributed by atoms with Crippen LogP contribution in [0.15, 0.2) is 18.0 Å². The van der Waals surface area contributed by atoms with E-state index in [0.717, 1.165) is 73.6 Å². The number of Topliss-reactive ketones (excluding diaryl/α,β-unsaturated/α-hetero) is 1. The molecule has 0 aromatic carbocycles. The van der Waals surface area contributed by atoms with Crippen LogP contribution in [0.2, 0.25) is 0 Å². The molecule has 3 atom stereocenters. The molecule has 5 N–H and O–H groups in total. The standard InChI is InChI=1S/C35H40N4O4/c1-8-20-16(3)24-12-26-18(5)22(10-11-30(40)41)33(38-26)32-23(15-43-7)35(42)31-19(6)27(39-34(31)32)14-29-21(9-2)17(4)25(37-29)13-28(20)36-24/h8,12-14,18,22-23,36-39H,1,9-11,15H2,2-7H3,(H,40,41)/b25-13-,26-12-,29-14-,33-32-/t18-,22-,23+/m0/s1. The van der Waals surface area contributed by atoms with Crippen molar-refractivity contribution in [3.8, 4) is 0 Å². The van der Waals surface area contributed by atoms with Gasteiger partial charge in [0, 0.05) is 81.2 Å². The Labute approximate surface area is 251 Å². The smallest absolute Gasteiger partial charge is 0.303 e. The van der Waals surface area contributed by atoms with E-state index in [4.69, 9.17) is 4.74 Å². The summed E-state index contributed by atoms with van der Waals surface area (Å²) < 4.78 is 5.58. The van der Waals surface area contributed by atoms with Crippen LogP contribution in [0.5, 0.6) is 0 Å². The number of hydrogen-bond acceptors (Lipinski definition) is 4. The second-order valence-electron chi connectivity index (χ2n) is 12.1. The topological polar surface area (TPSA) is 123 Å². The lowest BCUT2D eigenvalue weighted by Gasteiger charge is -2.20. The first-order valence-electron chi connectivity index (χ1n) is 15.1.